The van der Waals surface area contributed by atoms with Gasteiger partial charge >= 0.3 is 0 Å². The standard InChI is InChI=1S/C31H31NO4/c1-21(2)24-14-15-28(34-3)25(16-24)26-17-27(31(32)33)30(36-20-23-12-8-5-9-13-23)18-29(26)35-19-22-10-6-4-7-11-22/h4-18,21H,19-20H2,1-3H3,(H2,32,33). The van der Waals surface area contributed by atoms with Crippen LogP contribution in [-0.2, 0) is 13.2 Å². The van der Waals surface area contributed by atoms with Crippen LogP contribution in [0.2, 0.25) is 0 Å². The third kappa shape index (κ3) is 5.87. The molecule has 5 nitrogen and oxygen atoms in total. The summed E-state index contributed by atoms with van der Waals surface area (Å²) in [6, 6.07) is 29.2. The quantitative estimate of drug-likeness (QED) is 0.272. The number of rotatable bonds is 10. The number of carbonyl (C=O) groups excluding carboxylic acids is 1. The molecule has 0 aromatic heterocycles. The lowest BCUT2D eigenvalue weighted by molar-refractivity contribution is 0.0996. The van der Waals surface area contributed by atoms with Crippen LogP contribution in [-0.4, -0.2) is 13.0 Å². The van der Waals surface area contributed by atoms with Crippen molar-refractivity contribution in [3.63, 3.8) is 0 Å². The summed E-state index contributed by atoms with van der Waals surface area (Å²) in [6.07, 6.45) is 0. The first-order valence-corrected chi connectivity index (χ1v) is 12.0. The van der Waals surface area contributed by atoms with Crippen LogP contribution in [0.25, 0.3) is 11.1 Å². The van der Waals surface area contributed by atoms with Gasteiger partial charge in [-0.3, -0.25) is 4.79 Å². The van der Waals surface area contributed by atoms with Crippen LogP contribution in [0.1, 0.15) is 46.8 Å². The average Bonchev–Trinajstić information content (AvgIpc) is 2.91. The monoisotopic (exact) mass is 481 g/mol. The van der Waals surface area contributed by atoms with Crippen molar-refractivity contribution in [3.8, 4) is 28.4 Å². The minimum Gasteiger partial charge on any atom is -0.496 e. The molecule has 0 bridgehead atoms. The van der Waals surface area contributed by atoms with E-state index in [9.17, 15) is 4.79 Å². The third-order valence-electron chi connectivity index (χ3n) is 6.00. The summed E-state index contributed by atoms with van der Waals surface area (Å²) in [5, 5.41) is 0. The zero-order valence-corrected chi connectivity index (χ0v) is 20.9. The number of benzene rings is 4. The second-order valence-electron chi connectivity index (χ2n) is 8.87. The smallest absolute Gasteiger partial charge is 0.252 e. The van der Waals surface area contributed by atoms with Gasteiger partial charge < -0.3 is 19.9 Å². The van der Waals surface area contributed by atoms with E-state index in [0.717, 1.165) is 22.3 Å². The van der Waals surface area contributed by atoms with Crippen LogP contribution in [0, 0.1) is 0 Å². The molecule has 0 radical (unpaired) electrons. The van der Waals surface area contributed by atoms with Gasteiger partial charge in [-0.15, -0.1) is 0 Å². The molecule has 4 rings (SSSR count). The number of ether oxygens (including phenoxy) is 3. The summed E-state index contributed by atoms with van der Waals surface area (Å²) in [5.41, 5.74) is 10.8. The molecule has 184 valence electrons. The third-order valence-corrected chi connectivity index (χ3v) is 6.00. The number of nitrogens with two attached hydrogens (primary N) is 1. The van der Waals surface area contributed by atoms with Gasteiger partial charge in [0.2, 0.25) is 0 Å². The van der Waals surface area contributed by atoms with E-state index in [2.05, 4.69) is 19.9 Å². The summed E-state index contributed by atoms with van der Waals surface area (Å²) in [7, 11) is 1.63. The molecule has 36 heavy (non-hydrogen) atoms. The van der Waals surface area contributed by atoms with Crippen LogP contribution < -0.4 is 19.9 Å². The predicted octanol–water partition coefficient (Wildman–Crippen LogP) is 6.74. The largest absolute Gasteiger partial charge is 0.496 e. The van der Waals surface area contributed by atoms with Crippen molar-refractivity contribution in [2.75, 3.05) is 7.11 Å². The molecule has 1 amide bonds. The van der Waals surface area contributed by atoms with Gasteiger partial charge in [-0.05, 0) is 40.8 Å². The van der Waals surface area contributed by atoms with Gasteiger partial charge in [0.15, 0.2) is 0 Å². The zero-order chi connectivity index (χ0) is 25.5. The molecule has 0 aliphatic heterocycles. The van der Waals surface area contributed by atoms with Crippen molar-refractivity contribution in [3.05, 3.63) is 113 Å². The van der Waals surface area contributed by atoms with Crippen molar-refractivity contribution >= 4 is 5.91 Å². The SMILES string of the molecule is COc1ccc(C(C)C)cc1-c1cc(C(N)=O)c(OCc2ccccc2)cc1OCc1ccccc1. The molecular formula is C31H31NO4. The molecule has 0 heterocycles. The molecule has 0 saturated carbocycles. The van der Waals surface area contributed by atoms with Crippen molar-refractivity contribution in [1.29, 1.82) is 0 Å². The predicted molar refractivity (Wildman–Crippen MR) is 143 cm³/mol. The second-order valence-corrected chi connectivity index (χ2v) is 8.87. The van der Waals surface area contributed by atoms with Crippen LogP contribution in [0.4, 0.5) is 0 Å². The fourth-order valence-corrected chi connectivity index (χ4v) is 3.97. The van der Waals surface area contributed by atoms with Gasteiger partial charge in [-0.2, -0.15) is 0 Å². The Morgan fingerprint density at radius 3 is 1.81 bits per heavy atom. The lowest BCUT2D eigenvalue weighted by Crippen LogP contribution is -2.14. The summed E-state index contributed by atoms with van der Waals surface area (Å²) >= 11 is 0. The van der Waals surface area contributed by atoms with Crippen molar-refractivity contribution in [1.82, 2.24) is 0 Å². The summed E-state index contributed by atoms with van der Waals surface area (Å²) in [4.78, 5) is 12.5. The Morgan fingerprint density at radius 2 is 1.28 bits per heavy atom. The molecule has 0 aliphatic carbocycles. The topological polar surface area (TPSA) is 70.8 Å². The summed E-state index contributed by atoms with van der Waals surface area (Å²) in [6.45, 7) is 4.92. The van der Waals surface area contributed by atoms with Crippen molar-refractivity contribution in [2.24, 2.45) is 5.73 Å². The van der Waals surface area contributed by atoms with E-state index in [0.29, 0.717) is 41.9 Å². The van der Waals surface area contributed by atoms with Crippen molar-refractivity contribution < 1.29 is 19.0 Å². The summed E-state index contributed by atoms with van der Waals surface area (Å²) in [5.74, 6) is 1.36. The van der Waals surface area contributed by atoms with E-state index >= 15 is 0 Å². The zero-order valence-electron chi connectivity index (χ0n) is 20.9. The Hall–Kier alpha value is -4.25. The average molecular weight is 482 g/mol. The number of methoxy groups -OCH3 is 1. The minimum absolute atomic E-state index is 0.282. The Kier molecular flexibility index (Phi) is 7.91. The first-order chi connectivity index (χ1) is 17.5. The maximum atomic E-state index is 12.5. The van der Waals surface area contributed by atoms with E-state index in [-0.39, 0.29) is 5.56 Å². The molecule has 2 N–H and O–H groups in total. The van der Waals surface area contributed by atoms with Crippen LogP contribution in [0.3, 0.4) is 0 Å². The van der Waals surface area contributed by atoms with E-state index in [1.54, 1.807) is 19.2 Å². The second kappa shape index (κ2) is 11.5. The molecule has 0 unspecified atom stereocenters. The van der Waals surface area contributed by atoms with Gasteiger partial charge in [0, 0.05) is 17.2 Å². The van der Waals surface area contributed by atoms with Gasteiger partial charge in [-0.1, -0.05) is 80.6 Å². The number of amides is 1. The minimum atomic E-state index is -0.576. The highest BCUT2D eigenvalue weighted by Crippen LogP contribution is 2.42. The normalized spacial score (nSPS) is 10.8. The Balaban J connectivity index is 1.81. The highest BCUT2D eigenvalue weighted by Gasteiger charge is 2.20. The molecule has 4 aromatic carbocycles. The Labute approximate surface area is 212 Å². The van der Waals surface area contributed by atoms with Gasteiger partial charge in [0.05, 0.1) is 12.7 Å². The van der Waals surface area contributed by atoms with E-state index in [1.807, 2.05) is 72.8 Å². The van der Waals surface area contributed by atoms with Crippen LogP contribution in [0.15, 0.2) is 91.0 Å². The number of primary amides is 1. The van der Waals surface area contributed by atoms with Gasteiger partial charge in [0.1, 0.15) is 30.5 Å². The first kappa shape index (κ1) is 24.9. The van der Waals surface area contributed by atoms with E-state index in [4.69, 9.17) is 19.9 Å². The fraction of sp³-hybridized carbons (Fsp3) is 0.194. The maximum absolute atomic E-state index is 12.5. The number of carbonyl (C=O) groups is 1. The van der Waals surface area contributed by atoms with Crippen LogP contribution >= 0.6 is 0 Å². The number of hydrogen-bond acceptors (Lipinski definition) is 4. The molecule has 0 fully saturated rings. The molecule has 0 spiro atoms. The molecule has 0 atom stereocenters. The summed E-state index contributed by atoms with van der Waals surface area (Å²) < 4.78 is 18.1. The lowest BCUT2D eigenvalue weighted by Gasteiger charge is -2.19. The molecule has 4 aromatic rings. The fourth-order valence-electron chi connectivity index (χ4n) is 3.97. The molecule has 0 saturated heterocycles. The Morgan fingerprint density at radius 1 is 0.722 bits per heavy atom. The van der Waals surface area contributed by atoms with Crippen LogP contribution in [0.5, 0.6) is 17.2 Å². The van der Waals surface area contributed by atoms with E-state index in [1.165, 1.54) is 0 Å². The molecule has 0 aliphatic rings. The number of hydrogen-bond donors (Lipinski definition) is 1. The molecular weight excluding hydrogens is 450 g/mol. The van der Waals surface area contributed by atoms with E-state index < -0.39 is 5.91 Å². The van der Waals surface area contributed by atoms with Gasteiger partial charge in [-0.25, -0.2) is 0 Å². The highest BCUT2D eigenvalue weighted by atomic mass is 16.5. The van der Waals surface area contributed by atoms with Gasteiger partial charge in [0.25, 0.3) is 5.91 Å². The first-order valence-electron chi connectivity index (χ1n) is 12.0. The lowest BCUT2D eigenvalue weighted by atomic mass is 9.94. The maximum Gasteiger partial charge on any atom is 0.252 e. The highest BCUT2D eigenvalue weighted by molar-refractivity contribution is 5.98. The Bertz CT molecular complexity index is 1320. The van der Waals surface area contributed by atoms with Crippen molar-refractivity contribution in [2.45, 2.75) is 33.0 Å². The molecule has 5 heteroatoms.